The molecule has 1 aromatic heterocycles. The Morgan fingerprint density at radius 2 is 2.33 bits per heavy atom. The van der Waals surface area contributed by atoms with E-state index in [1.165, 1.54) is 9.75 Å². The smallest absolute Gasteiger partial charge is 0.143 e. The van der Waals surface area contributed by atoms with Gasteiger partial charge in [0.1, 0.15) is 5.78 Å². The lowest BCUT2D eigenvalue weighted by atomic mass is 10.4. The van der Waals surface area contributed by atoms with E-state index in [0.717, 1.165) is 6.54 Å². The van der Waals surface area contributed by atoms with Gasteiger partial charge < -0.3 is 5.32 Å². The van der Waals surface area contributed by atoms with Crippen LogP contribution in [0.3, 0.4) is 0 Å². The van der Waals surface area contributed by atoms with Gasteiger partial charge in [0.25, 0.3) is 0 Å². The van der Waals surface area contributed by atoms with Gasteiger partial charge in [0.05, 0.1) is 6.54 Å². The van der Waals surface area contributed by atoms with Gasteiger partial charge in [-0.25, -0.2) is 0 Å². The van der Waals surface area contributed by atoms with Crippen LogP contribution >= 0.6 is 11.3 Å². The number of carbonyl (C=O) groups excluding carboxylic acids is 1. The highest BCUT2D eigenvalue weighted by Gasteiger charge is 1.96. The van der Waals surface area contributed by atoms with Crippen LogP contribution in [0.1, 0.15) is 16.7 Å². The number of nitrogens with one attached hydrogen (secondary N) is 1. The Morgan fingerprint density at radius 1 is 1.58 bits per heavy atom. The number of carbonyl (C=O) groups is 1. The van der Waals surface area contributed by atoms with Crippen molar-refractivity contribution in [3.8, 4) is 0 Å². The lowest BCUT2D eigenvalue weighted by Gasteiger charge is -1.97. The highest BCUT2D eigenvalue weighted by atomic mass is 32.1. The Morgan fingerprint density at radius 3 is 2.83 bits per heavy atom. The van der Waals surface area contributed by atoms with Crippen molar-refractivity contribution in [2.75, 3.05) is 6.54 Å². The van der Waals surface area contributed by atoms with Crippen molar-refractivity contribution < 1.29 is 4.79 Å². The van der Waals surface area contributed by atoms with E-state index in [2.05, 4.69) is 24.4 Å². The number of hydrogen-bond donors (Lipinski definition) is 1. The Balaban J connectivity index is 2.29. The van der Waals surface area contributed by atoms with Crippen molar-refractivity contribution in [1.82, 2.24) is 5.32 Å². The topological polar surface area (TPSA) is 29.1 Å². The largest absolute Gasteiger partial charge is 0.305 e. The molecule has 0 aliphatic rings. The second-order valence-corrected chi connectivity index (χ2v) is 4.19. The molecule has 0 saturated carbocycles. The number of aryl methyl sites for hydroxylation is 1. The Labute approximate surface area is 76.6 Å². The summed E-state index contributed by atoms with van der Waals surface area (Å²) >= 11 is 1.77. The summed E-state index contributed by atoms with van der Waals surface area (Å²) in [6.07, 6.45) is 0. The first kappa shape index (κ1) is 9.42. The summed E-state index contributed by atoms with van der Waals surface area (Å²) in [6.45, 7) is 4.95. The van der Waals surface area contributed by atoms with E-state index in [-0.39, 0.29) is 5.78 Å². The van der Waals surface area contributed by atoms with Crippen molar-refractivity contribution >= 4 is 17.1 Å². The lowest BCUT2D eigenvalue weighted by Crippen LogP contribution is -2.19. The third-order valence-electron chi connectivity index (χ3n) is 1.47. The van der Waals surface area contributed by atoms with Gasteiger partial charge in [-0.15, -0.1) is 11.3 Å². The average molecular weight is 183 g/mol. The zero-order valence-corrected chi connectivity index (χ0v) is 8.20. The molecule has 0 aliphatic heterocycles. The first-order chi connectivity index (χ1) is 5.68. The molecule has 1 aromatic rings. The zero-order valence-electron chi connectivity index (χ0n) is 7.39. The maximum atomic E-state index is 10.6. The van der Waals surface area contributed by atoms with Crippen molar-refractivity contribution in [3.63, 3.8) is 0 Å². The summed E-state index contributed by atoms with van der Waals surface area (Å²) in [5, 5.41) is 3.08. The van der Waals surface area contributed by atoms with Gasteiger partial charge in [-0.3, -0.25) is 4.79 Å². The summed E-state index contributed by atoms with van der Waals surface area (Å²) in [4.78, 5) is 13.2. The van der Waals surface area contributed by atoms with Crippen molar-refractivity contribution in [3.05, 3.63) is 21.9 Å². The quantitative estimate of drug-likeness (QED) is 0.770. The molecule has 2 nitrogen and oxygen atoms in total. The predicted molar refractivity (Wildman–Crippen MR) is 51.4 cm³/mol. The van der Waals surface area contributed by atoms with Crippen LogP contribution in [0.2, 0.25) is 0 Å². The summed E-state index contributed by atoms with van der Waals surface area (Å²) < 4.78 is 0. The molecule has 1 N–H and O–H groups in total. The number of ketones is 1. The highest BCUT2D eigenvalue weighted by Crippen LogP contribution is 2.14. The van der Waals surface area contributed by atoms with Crippen LogP contribution in [-0.2, 0) is 11.3 Å². The third-order valence-corrected chi connectivity index (χ3v) is 2.47. The molecular formula is C9H13NOS. The zero-order chi connectivity index (χ0) is 8.97. The molecule has 0 aliphatic carbocycles. The molecule has 0 fully saturated rings. The third kappa shape index (κ3) is 3.15. The number of hydrogen-bond acceptors (Lipinski definition) is 3. The molecule has 0 spiro atoms. The van der Waals surface area contributed by atoms with Gasteiger partial charge in [-0.1, -0.05) is 0 Å². The molecule has 66 valence electrons. The van der Waals surface area contributed by atoms with E-state index < -0.39 is 0 Å². The van der Waals surface area contributed by atoms with Crippen molar-refractivity contribution in [2.24, 2.45) is 0 Å². The van der Waals surface area contributed by atoms with Gasteiger partial charge >= 0.3 is 0 Å². The average Bonchev–Trinajstić information content (AvgIpc) is 2.35. The molecule has 0 unspecified atom stereocenters. The van der Waals surface area contributed by atoms with Gasteiger partial charge in [0.2, 0.25) is 0 Å². The SMILES string of the molecule is CC(=O)CNCc1ccc(C)s1. The van der Waals surface area contributed by atoms with E-state index >= 15 is 0 Å². The van der Waals surface area contributed by atoms with Crippen LogP contribution in [0, 0.1) is 6.92 Å². The predicted octanol–water partition coefficient (Wildman–Crippen LogP) is 1.74. The number of thiophene rings is 1. The second-order valence-electron chi connectivity index (χ2n) is 2.82. The highest BCUT2D eigenvalue weighted by molar-refractivity contribution is 7.11. The Bertz CT molecular complexity index is 267. The molecule has 0 saturated heterocycles. The fourth-order valence-corrected chi connectivity index (χ4v) is 1.80. The molecule has 3 heteroatoms. The molecule has 1 heterocycles. The maximum Gasteiger partial charge on any atom is 0.143 e. The Kier molecular flexibility index (Phi) is 3.44. The molecule has 1 rings (SSSR count). The van der Waals surface area contributed by atoms with Crippen LogP contribution in [0.5, 0.6) is 0 Å². The van der Waals surface area contributed by atoms with Gasteiger partial charge in [0.15, 0.2) is 0 Å². The minimum absolute atomic E-state index is 0.184. The standard InChI is InChI=1S/C9H13NOS/c1-7(11)5-10-6-9-4-3-8(2)12-9/h3-4,10H,5-6H2,1-2H3. The van der Waals surface area contributed by atoms with Crippen LogP contribution < -0.4 is 5.32 Å². The first-order valence-electron chi connectivity index (χ1n) is 3.94. The fraction of sp³-hybridized carbons (Fsp3) is 0.444. The van der Waals surface area contributed by atoms with Gasteiger partial charge in [0, 0.05) is 16.3 Å². The van der Waals surface area contributed by atoms with E-state index in [1.807, 2.05) is 0 Å². The molecule has 12 heavy (non-hydrogen) atoms. The fourth-order valence-electron chi connectivity index (χ4n) is 0.942. The van der Waals surface area contributed by atoms with Crippen LogP contribution in [-0.4, -0.2) is 12.3 Å². The normalized spacial score (nSPS) is 10.2. The molecule has 0 atom stereocenters. The first-order valence-corrected chi connectivity index (χ1v) is 4.75. The van der Waals surface area contributed by atoms with Crippen molar-refractivity contribution in [1.29, 1.82) is 0 Å². The monoisotopic (exact) mass is 183 g/mol. The summed E-state index contributed by atoms with van der Waals surface area (Å²) in [5.74, 6) is 0.184. The number of Topliss-reactive ketones (excluding diaryl/α,β-unsaturated/α-hetero) is 1. The molecule has 0 bridgehead atoms. The van der Waals surface area contributed by atoms with E-state index in [9.17, 15) is 4.79 Å². The molecule has 0 aromatic carbocycles. The van der Waals surface area contributed by atoms with E-state index in [4.69, 9.17) is 0 Å². The summed E-state index contributed by atoms with van der Waals surface area (Å²) in [6, 6.07) is 4.18. The Hall–Kier alpha value is -0.670. The maximum absolute atomic E-state index is 10.6. The summed E-state index contributed by atoms with van der Waals surface area (Å²) in [5.41, 5.74) is 0. The number of rotatable bonds is 4. The van der Waals surface area contributed by atoms with Crippen LogP contribution in [0.25, 0.3) is 0 Å². The van der Waals surface area contributed by atoms with E-state index in [0.29, 0.717) is 6.54 Å². The second kappa shape index (κ2) is 4.38. The minimum Gasteiger partial charge on any atom is -0.305 e. The lowest BCUT2D eigenvalue weighted by molar-refractivity contribution is -0.116. The van der Waals surface area contributed by atoms with Gasteiger partial charge in [-0.05, 0) is 26.0 Å². The van der Waals surface area contributed by atoms with Crippen molar-refractivity contribution in [2.45, 2.75) is 20.4 Å². The summed E-state index contributed by atoms with van der Waals surface area (Å²) in [7, 11) is 0. The molecular weight excluding hydrogens is 170 g/mol. The van der Waals surface area contributed by atoms with Gasteiger partial charge in [-0.2, -0.15) is 0 Å². The minimum atomic E-state index is 0.184. The van der Waals surface area contributed by atoms with Crippen LogP contribution in [0.15, 0.2) is 12.1 Å². The van der Waals surface area contributed by atoms with Crippen LogP contribution in [0.4, 0.5) is 0 Å². The van der Waals surface area contributed by atoms with E-state index in [1.54, 1.807) is 18.3 Å². The molecule has 0 radical (unpaired) electrons. The molecule has 0 amide bonds.